The fourth-order valence-corrected chi connectivity index (χ4v) is 1.46. The van der Waals surface area contributed by atoms with Crippen molar-refractivity contribution in [3.05, 3.63) is 23.7 Å². The van der Waals surface area contributed by atoms with Gasteiger partial charge in [0.15, 0.2) is 5.96 Å². The van der Waals surface area contributed by atoms with Crippen LogP contribution in [0, 0.1) is 6.92 Å². The number of nitrogens with zero attached hydrogens (tertiary/aromatic N) is 1. The maximum absolute atomic E-state index is 12.1. The minimum atomic E-state index is -2.47. The molecule has 1 unspecified atom stereocenters. The van der Waals surface area contributed by atoms with E-state index >= 15 is 0 Å². The van der Waals surface area contributed by atoms with Crippen molar-refractivity contribution in [2.24, 2.45) is 4.99 Å². The number of alkyl halides is 2. The molecule has 1 rings (SSSR count). The number of guanidine groups is 1. The lowest BCUT2D eigenvalue weighted by molar-refractivity contribution is 0.0377. The van der Waals surface area contributed by atoms with Crippen molar-refractivity contribution in [3.8, 4) is 0 Å². The zero-order chi connectivity index (χ0) is 14.5. The summed E-state index contributed by atoms with van der Waals surface area (Å²) >= 11 is 0. The molecule has 0 saturated carbocycles. The van der Waals surface area contributed by atoms with E-state index in [-0.39, 0.29) is 36.5 Å². The number of nitrogens with one attached hydrogen (secondary N) is 2. The standard InChI is InChI=1S/C12H19F2N3O2.HI/c1-8-4-5-9(19-8)12(2,18)7-17-11(15-3)16-6-10(13)14;/h4-5,10,18H,6-7H2,1-3H3,(H2,15,16,17);1H. The summed E-state index contributed by atoms with van der Waals surface area (Å²) in [5.74, 6) is 1.29. The fourth-order valence-electron chi connectivity index (χ4n) is 1.46. The third-order valence-corrected chi connectivity index (χ3v) is 2.52. The van der Waals surface area contributed by atoms with Crippen LogP contribution in [-0.2, 0) is 5.60 Å². The van der Waals surface area contributed by atoms with Gasteiger partial charge in [0.05, 0.1) is 13.1 Å². The van der Waals surface area contributed by atoms with E-state index in [1.165, 1.54) is 7.05 Å². The predicted octanol–water partition coefficient (Wildman–Crippen LogP) is 1.84. The molecule has 8 heteroatoms. The number of halogens is 3. The van der Waals surface area contributed by atoms with Gasteiger partial charge in [-0.15, -0.1) is 24.0 Å². The fraction of sp³-hybridized carbons (Fsp3) is 0.583. The lowest BCUT2D eigenvalue weighted by Gasteiger charge is -2.22. The monoisotopic (exact) mass is 403 g/mol. The van der Waals surface area contributed by atoms with Gasteiger partial charge in [-0.25, -0.2) is 8.78 Å². The van der Waals surface area contributed by atoms with Crippen LogP contribution in [0.25, 0.3) is 0 Å². The Morgan fingerprint density at radius 1 is 1.45 bits per heavy atom. The molecule has 1 atom stereocenters. The molecule has 3 N–H and O–H groups in total. The third kappa shape index (κ3) is 6.04. The molecule has 0 aromatic carbocycles. The lowest BCUT2D eigenvalue weighted by Crippen LogP contribution is -2.45. The Morgan fingerprint density at radius 2 is 2.10 bits per heavy atom. The highest BCUT2D eigenvalue weighted by atomic mass is 127. The summed E-state index contributed by atoms with van der Waals surface area (Å²) in [5, 5.41) is 15.4. The van der Waals surface area contributed by atoms with Crippen LogP contribution in [0.2, 0.25) is 0 Å². The molecule has 0 aliphatic heterocycles. The maximum Gasteiger partial charge on any atom is 0.255 e. The van der Waals surface area contributed by atoms with Crippen molar-refractivity contribution >= 4 is 29.9 Å². The number of aliphatic hydroxyl groups is 1. The molecule has 20 heavy (non-hydrogen) atoms. The average Bonchev–Trinajstić information content (AvgIpc) is 2.76. The van der Waals surface area contributed by atoms with Crippen molar-refractivity contribution in [2.45, 2.75) is 25.9 Å². The van der Waals surface area contributed by atoms with Crippen molar-refractivity contribution in [1.29, 1.82) is 0 Å². The Morgan fingerprint density at radius 3 is 2.55 bits per heavy atom. The van der Waals surface area contributed by atoms with Crippen LogP contribution in [-0.4, -0.2) is 37.6 Å². The largest absolute Gasteiger partial charge is 0.463 e. The first-order chi connectivity index (χ1) is 8.85. The van der Waals surface area contributed by atoms with Gasteiger partial charge in [0, 0.05) is 7.05 Å². The van der Waals surface area contributed by atoms with Crippen molar-refractivity contribution < 1.29 is 18.3 Å². The van der Waals surface area contributed by atoms with Crippen LogP contribution in [0.15, 0.2) is 21.5 Å². The van der Waals surface area contributed by atoms with E-state index in [1.807, 2.05) is 0 Å². The topological polar surface area (TPSA) is 69.8 Å². The Labute approximate surface area is 133 Å². The van der Waals surface area contributed by atoms with Gasteiger partial charge in [0.1, 0.15) is 17.1 Å². The van der Waals surface area contributed by atoms with E-state index in [0.29, 0.717) is 11.5 Å². The van der Waals surface area contributed by atoms with Crippen LogP contribution in [0.3, 0.4) is 0 Å². The molecule has 116 valence electrons. The summed E-state index contributed by atoms with van der Waals surface area (Å²) in [6.07, 6.45) is -2.47. The second kappa shape index (κ2) is 8.40. The number of aryl methyl sites for hydroxylation is 1. The second-order valence-electron chi connectivity index (χ2n) is 4.38. The minimum Gasteiger partial charge on any atom is -0.463 e. The molecule has 1 aromatic rings. The second-order valence-corrected chi connectivity index (χ2v) is 4.38. The molecular formula is C12H20F2IN3O2. The van der Waals surface area contributed by atoms with Crippen LogP contribution < -0.4 is 10.6 Å². The van der Waals surface area contributed by atoms with Gasteiger partial charge in [0.25, 0.3) is 6.43 Å². The molecule has 0 radical (unpaired) electrons. The summed E-state index contributed by atoms with van der Waals surface area (Å²) in [6.45, 7) is 2.93. The molecule has 1 aromatic heterocycles. The Balaban J connectivity index is 0.00000361. The number of hydrogen-bond acceptors (Lipinski definition) is 3. The van der Waals surface area contributed by atoms with Gasteiger partial charge in [-0.05, 0) is 26.0 Å². The summed E-state index contributed by atoms with van der Waals surface area (Å²) in [4.78, 5) is 3.78. The normalized spacial score (nSPS) is 14.7. The van der Waals surface area contributed by atoms with Crippen LogP contribution >= 0.6 is 24.0 Å². The van der Waals surface area contributed by atoms with Gasteiger partial charge < -0.3 is 20.2 Å². The highest BCUT2D eigenvalue weighted by Gasteiger charge is 2.27. The van der Waals surface area contributed by atoms with Gasteiger partial charge in [-0.3, -0.25) is 4.99 Å². The van der Waals surface area contributed by atoms with Crippen LogP contribution in [0.5, 0.6) is 0 Å². The van der Waals surface area contributed by atoms with Gasteiger partial charge in [-0.2, -0.15) is 0 Å². The molecule has 0 amide bonds. The number of hydrogen-bond donors (Lipinski definition) is 3. The summed E-state index contributed by atoms with van der Waals surface area (Å²) in [5.41, 5.74) is -1.25. The van der Waals surface area contributed by atoms with E-state index in [9.17, 15) is 13.9 Å². The van der Waals surface area contributed by atoms with E-state index in [4.69, 9.17) is 4.42 Å². The van der Waals surface area contributed by atoms with Crippen molar-refractivity contribution in [3.63, 3.8) is 0 Å². The molecule has 0 aliphatic carbocycles. The number of rotatable bonds is 5. The molecule has 0 aliphatic rings. The zero-order valence-electron chi connectivity index (χ0n) is 11.6. The number of aliphatic imine (C=N–C) groups is 1. The molecule has 0 fully saturated rings. The van der Waals surface area contributed by atoms with Crippen LogP contribution in [0.4, 0.5) is 8.78 Å². The Bertz CT molecular complexity index is 436. The molecular weight excluding hydrogens is 383 g/mol. The SMILES string of the molecule is CN=C(NCC(F)F)NCC(C)(O)c1ccc(C)o1.I. The van der Waals surface area contributed by atoms with E-state index in [0.717, 1.165) is 0 Å². The van der Waals surface area contributed by atoms with Crippen LogP contribution in [0.1, 0.15) is 18.4 Å². The third-order valence-electron chi connectivity index (χ3n) is 2.52. The smallest absolute Gasteiger partial charge is 0.255 e. The summed E-state index contributed by atoms with van der Waals surface area (Å²) in [6, 6.07) is 3.42. The van der Waals surface area contributed by atoms with Crippen molar-refractivity contribution in [2.75, 3.05) is 20.1 Å². The Hall–Kier alpha value is -0.900. The first-order valence-corrected chi connectivity index (χ1v) is 5.87. The average molecular weight is 403 g/mol. The first kappa shape index (κ1) is 19.1. The van der Waals surface area contributed by atoms with Gasteiger partial charge >= 0.3 is 0 Å². The zero-order valence-corrected chi connectivity index (χ0v) is 13.9. The van der Waals surface area contributed by atoms with Gasteiger partial charge in [0.2, 0.25) is 0 Å². The highest BCUT2D eigenvalue weighted by Crippen LogP contribution is 2.21. The predicted molar refractivity (Wildman–Crippen MR) is 83.8 cm³/mol. The molecule has 5 nitrogen and oxygen atoms in total. The highest BCUT2D eigenvalue weighted by molar-refractivity contribution is 14.0. The van der Waals surface area contributed by atoms with Gasteiger partial charge in [-0.1, -0.05) is 0 Å². The molecule has 0 bridgehead atoms. The lowest BCUT2D eigenvalue weighted by atomic mass is 10.0. The summed E-state index contributed by atoms with van der Waals surface area (Å²) < 4.78 is 29.5. The van der Waals surface area contributed by atoms with E-state index < -0.39 is 18.6 Å². The molecule has 1 heterocycles. The number of furan rings is 1. The van der Waals surface area contributed by atoms with E-state index in [1.54, 1.807) is 26.0 Å². The molecule has 0 saturated heterocycles. The first-order valence-electron chi connectivity index (χ1n) is 5.87. The minimum absolute atomic E-state index is 0. The quantitative estimate of drug-likeness (QED) is 0.399. The molecule has 0 spiro atoms. The maximum atomic E-state index is 12.1. The summed E-state index contributed by atoms with van der Waals surface area (Å²) in [7, 11) is 1.46. The van der Waals surface area contributed by atoms with Crippen molar-refractivity contribution in [1.82, 2.24) is 10.6 Å². The Kier molecular flexibility index (Phi) is 8.02. The van der Waals surface area contributed by atoms with E-state index in [2.05, 4.69) is 15.6 Å².